The number of rotatable bonds is 2. The number of hydrogen-bond donors (Lipinski definition) is 0. The predicted octanol–water partition coefficient (Wildman–Crippen LogP) is 3.19. The number of carbonyl (C=O) groups is 1. The van der Waals surface area contributed by atoms with Gasteiger partial charge >= 0.3 is 0 Å². The number of thioether (sulfide) groups is 1. The molecule has 0 N–H and O–H groups in total. The number of fused-ring (bicyclic) bond motifs is 1. The Morgan fingerprint density at radius 2 is 2.08 bits per heavy atom. The third-order valence-corrected chi connectivity index (χ3v) is 5.43. The molecule has 6 nitrogen and oxygen atoms in total. The quantitative estimate of drug-likeness (QED) is 0.709. The predicted molar refractivity (Wildman–Crippen MR) is 97.2 cm³/mol. The van der Waals surface area contributed by atoms with Gasteiger partial charge in [-0.1, -0.05) is 25.1 Å². The van der Waals surface area contributed by atoms with Crippen molar-refractivity contribution in [2.75, 3.05) is 11.4 Å². The number of para-hydroxylation sites is 1. The van der Waals surface area contributed by atoms with Crippen LogP contribution in [0.2, 0.25) is 0 Å². The molecular weight excluding hydrogens is 334 g/mol. The normalized spacial score (nSPS) is 17.0. The zero-order chi connectivity index (χ0) is 17.2. The van der Waals surface area contributed by atoms with Crippen LogP contribution in [0, 0.1) is 0 Å². The minimum Gasteiger partial charge on any atom is -0.307 e. The van der Waals surface area contributed by atoms with Crippen LogP contribution >= 0.6 is 11.8 Å². The van der Waals surface area contributed by atoms with Crippen LogP contribution in [0.25, 0.3) is 5.69 Å². The summed E-state index contributed by atoms with van der Waals surface area (Å²) in [6.45, 7) is 2.91. The van der Waals surface area contributed by atoms with Crippen LogP contribution in [0.4, 0.5) is 5.69 Å². The molecule has 1 amide bonds. The highest BCUT2D eigenvalue weighted by atomic mass is 32.2. The number of anilines is 1. The maximum atomic E-state index is 13.2. The second-order valence-corrected chi connectivity index (χ2v) is 7.43. The van der Waals surface area contributed by atoms with E-state index in [1.165, 1.54) is 6.33 Å². The first-order chi connectivity index (χ1) is 12.2. The SMILES string of the molecule is C[C@H]1CCN(C(=O)c2cccc(-n3cnnn3)c2)c2ccccc2S1. The number of tetrazole rings is 1. The molecule has 2 aromatic carbocycles. The molecule has 0 fully saturated rings. The molecule has 1 atom stereocenters. The van der Waals surface area contributed by atoms with Gasteiger partial charge < -0.3 is 4.90 Å². The number of amides is 1. The van der Waals surface area contributed by atoms with E-state index < -0.39 is 0 Å². The summed E-state index contributed by atoms with van der Waals surface area (Å²) < 4.78 is 1.55. The van der Waals surface area contributed by atoms with Crippen LogP contribution in [0.15, 0.2) is 59.8 Å². The van der Waals surface area contributed by atoms with E-state index in [0.29, 0.717) is 17.4 Å². The Morgan fingerprint density at radius 3 is 2.92 bits per heavy atom. The smallest absolute Gasteiger partial charge is 0.258 e. The van der Waals surface area contributed by atoms with Crippen LogP contribution < -0.4 is 4.90 Å². The van der Waals surface area contributed by atoms with Gasteiger partial charge in [0.15, 0.2) is 0 Å². The molecule has 4 rings (SSSR count). The molecule has 126 valence electrons. The van der Waals surface area contributed by atoms with Crippen molar-refractivity contribution in [1.82, 2.24) is 20.2 Å². The molecule has 0 radical (unpaired) electrons. The maximum absolute atomic E-state index is 13.2. The minimum absolute atomic E-state index is 0.00271. The van der Waals surface area contributed by atoms with Gasteiger partial charge in [-0.3, -0.25) is 4.79 Å². The Bertz CT molecular complexity index is 896. The Balaban J connectivity index is 1.70. The van der Waals surface area contributed by atoms with E-state index in [4.69, 9.17) is 0 Å². The standard InChI is InChI=1S/C18H17N5OS/c1-13-9-10-22(16-7-2-3-8-17(16)25-13)18(24)14-5-4-6-15(11-14)23-12-19-20-21-23/h2-8,11-13H,9-10H2,1H3/t13-/m0/s1. The molecule has 1 aromatic heterocycles. The molecular formula is C18H17N5OS. The zero-order valence-corrected chi connectivity index (χ0v) is 14.6. The van der Waals surface area contributed by atoms with Gasteiger partial charge in [-0.15, -0.1) is 16.9 Å². The summed E-state index contributed by atoms with van der Waals surface area (Å²) in [5, 5.41) is 11.7. The van der Waals surface area contributed by atoms with Gasteiger partial charge in [-0.25, -0.2) is 4.68 Å². The Morgan fingerprint density at radius 1 is 1.20 bits per heavy atom. The molecule has 0 saturated heterocycles. The average molecular weight is 351 g/mol. The molecule has 2 heterocycles. The highest BCUT2D eigenvalue weighted by molar-refractivity contribution is 8.00. The van der Waals surface area contributed by atoms with Gasteiger partial charge in [0, 0.05) is 22.3 Å². The van der Waals surface area contributed by atoms with Crippen molar-refractivity contribution < 1.29 is 4.79 Å². The number of carbonyl (C=O) groups excluding carboxylic acids is 1. The molecule has 7 heteroatoms. The van der Waals surface area contributed by atoms with Gasteiger partial charge in [-0.05, 0) is 47.2 Å². The largest absolute Gasteiger partial charge is 0.307 e. The summed E-state index contributed by atoms with van der Waals surface area (Å²) in [4.78, 5) is 16.2. The summed E-state index contributed by atoms with van der Waals surface area (Å²) in [5.74, 6) is -0.00271. The molecule has 3 aromatic rings. The summed E-state index contributed by atoms with van der Waals surface area (Å²) in [6, 6.07) is 15.5. The third kappa shape index (κ3) is 3.15. The van der Waals surface area contributed by atoms with Gasteiger partial charge in [-0.2, -0.15) is 0 Å². The average Bonchev–Trinajstić information content (AvgIpc) is 3.12. The van der Waals surface area contributed by atoms with E-state index in [-0.39, 0.29) is 5.91 Å². The van der Waals surface area contributed by atoms with Crippen LogP contribution in [0.5, 0.6) is 0 Å². The first-order valence-electron chi connectivity index (χ1n) is 8.13. The monoisotopic (exact) mass is 351 g/mol. The van der Waals surface area contributed by atoms with Crippen LogP contribution in [-0.2, 0) is 0 Å². The lowest BCUT2D eigenvalue weighted by Crippen LogP contribution is -2.32. The van der Waals surface area contributed by atoms with Gasteiger partial charge in [0.25, 0.3) is 5.91 Å². The molecule has 0 aliphatic carbocycles. The van der Waals surface area contributed by atoms with Crippen molar-refractivity contribution >= 4 is 23.4 Å². The first-order valence-corrected chi connectivity index (χ1v) is 9.01. The maximum Gasteiger partial charge on any atom is 0.258 e. The van der Waals surface area contributed by atoms with Gasteiger partial charge in [0.05, 0.1) is 11.4 Å². The van der Waals surface area contributed by atoms with Crippen molar-refractivity contribution in [2.45, 2.75) is 23.5 Å². The second-order valence-electron chi connectivity index (χ2n) is 5.95. The van der Waals surface area contributed by atoms with Crippen molar-refractivity contribution in [3.63, 3.8) is 0 Å². The fourth-order valence-electron chi connectivity index (χ4n) is 2.91. The zero-order valence-electron chi connectivity index (χ0n) is 13.7. The van der Waals surface area contributed by atoms with E-state index in [1.807, 2.05) is 59.1 Å². The van der Waals surface area contributed by atoms with Crippen LogP contribution in [0.1, 0.15) is 23.7 Å². The lowest BCUT2D eigenvalue weighted by molar-refractivity contribution is 0.0986. The topological polar surface area (TPSA) is 63.9 Å². The van der Waals surface area contributed by atoms with E-state index in [9.17, 15) is 4.79 Å². The van der Waals surface area contributed by atoms with E-state index in [2.05, 4.69) is 28.5 Å². The highest BCUT2D eigenvalue weighted by Crippen LogP contribution is 2.37. The molecule has 1 aliphatic rings. The molecule has 25 heavy (non-hydrogen) atoms. The fraction of sp³-hybridized carbons (Fsp3) is 0.222. The Hall–Kier alpha value is -2.67. The lowest BCUT2D eigenvalue weighted by Gasteiger charge is -2.22. The Kier molecular flexibility index (Phi) is 4.23. The number of aromatic nitrogens is 4. The van der Waals surface area contributed by atoms with Crippen molar-refractivity contribution in [2.24, 2.45) is 0 Å². The number of nitrogens with zero attached hydrogens (tertiary/aromatic N) is 5. The van der Waals surface area contributed by atoms with Crippen LogP contribution in [-0.4, -0.2) is 37.9 Å². The van der Waals surface area contributed by atoms with Gasteiger partial charge in [0.2, 0.25) is 0 Å². The lowest BCUT2D eigenvalue weighted by atomic mass is 10.1. The number of benzene rings is 2. The number of hydrogen-bond acceptors (Lipinski definition) is 5. The summed E-state index contributed by atoms with van der Waals surface area (Å²) in [6.07, 6.45) is 2.47. The molecule has 1 aliphatic heterocycles. The second kappa shape index (κ2) is 6.68. The molecule has 0 saturated carbocycles. The first kappa shape index (κ1) is 15.8. The van der Waals surface area contributed by atoms with Crippen LogP contribution in [0.3, 0.4) is 0 Å². The summed E-state index contributed by atoms with van der Waals surface area (Å²) in [7, 11) is 0. The summed E-state index contributed by atoms with van der Waals surface area (Å²) in [5.41, 5.74) is 2.37. The molecule has 0 spiro atoms. The van der Waals surface area contributed by atoms with E-state index in [1.54, 1.807) is 4.68 Å². The minimum atomic E-state index is -0.00271. The molecule has 0 bridgehead atoms. The third-order valence-electron chi connectivity index (χ3n) is 4.20. The van der Waals surface area contributed by atoms with Crippen molar-refractivity contribution in [1.29, 1.82) is 0 Å². The van der Waals surface area contributed by atoms with E-state index >= 15 is 0 Å². The fourth-order valence-corrected chi connectivity index (χ4v) is 4.03. The summed E-state index contributed by atoms with van der Waals surface area (Å²) >= 11 is 1.83. The molecule has 0 unspecified atom stereocenters. The van der Waals surface area contributed by atoms with E-state index in [0.717, 1.165) is 22.7 Å². The highest BCUT2D eigenvalue weighted by Gasteiger charge is 2.25. The Labute approximate surface area is 149 Å². The van der Waals surface area contributed by atoms with Crippen molar-refractivity contribution in [3.8, 4) is 5.69 Å². The van der Waals surface area contributed by atoms with Crippen molar-refractivity contribution in [3.05, 3.63) is 60.4 Å². The van der Waals surface area contributed by atoms with Gasteiger partial charge in [0.1, 0.15) is 6.33 Å².